The average molecular weight is 1460 g/mol. The van der Waals surface area contributed by atoms with Gasteiger partial charge in [0, 0.05) is 24.2 Å². The molecule has 9 nitrogen and oxygen atoms in total. The summed E-state index contributed by atoms with van der Waals surface area (Å²) in [7, 11) is -3.11. The molecular formula is C67H88ClF4I2NaO9S-2. The molecule has 4 aromatic rings. The van der Waals surface area contributed by atoms with Crippen LogP contribution < -0.4 is 84.4 Å². The molecule has 468 valence electrons. The summed E-state index contributed by atoms with van der Waals surface area (Å²) in [6.45, 7) is 29.5. The van der Waals surface area contributed by atoms with Gasteiger partial charge in [-0.15, -0.1) is 12.6 Å². The van der Waals surface area contributed by atoms with Crippen LogP contribution in [-0.2, 0) is 51.3 Å². The number of benzene rings is 4. The van der Waals surface area contributed by atoms with Crippen molar-refractivity contribution < 1.29 is 144 Å². The molecule has 0 aliphatic heterocycles. The first kappa shape index (κ1) is 75.0. The third-order valence-electron chi connectivity index (χ3n) is 17.0. The fourth-order valence-corrected chi connectivity index (χ4v) is 18.3. The van der Waals surface area contributed by atoms with Gasteiger partial charge in [-0.2, -0.15) is 8.78 Å². The summed E-state index contributed by atoms with van der Waals surface area (Å²) in [5.74, 6) is -4.53. The van der Waals surface area contributed by atoms with Crippen LogP contribution in [0.5, 0.6) is 0 Å². The summed E-state index contributed by atoms with van der Waals surface area (Å²) in [5.41, 5.74) is 4.43. The number of aliphatic hydroxyl groups is 2. The van der Waals surface area contributed by atoms with E-state index in [0.717, 1.165) is 64.2 Å². The summed E-state index contributed by atoms with van der Waals surface area (Å²) < 4.78 is 90.6. The summed E-state index contributed by atoms with van der Waals surface area (Å²) in [6.07, 6.45) is 8.02. The van der Waals surface area contributed by atoms with E-state index in [-0.39, 0.29) is 130 Å². The molecular weight excluding hydrogens is 1370 g/mol. The number of esters is 2. The SMILES string of the molecule is CC(C)(C)c1ccc([I-]c2ccc(C(C)(C)C)cc2)cc1.CC(F)(F)C(=O)OCC12CC3CC(CC(O)(C3)C1)C2.O=C(OCC12CC3CC(CC(O)(C3)C1)C2)[C-](F)F.O=S(=O)=O.[CH2+]C(C)(C)c1ccc([I-]c2ccc(C(C)(C)C)cc2)cc1.[Cl-].[Na+]. The van der Waals surface area contributed by atoms with Crippen LogP contribution in [0.1, 0.15) is 182 Å². The van der Waals surface area contributed by atoms with Crippen molar-refractivity contribution in [3.8, 4) is 0 Å². The average Bonchev–Trinajstić information content (AvgIpc) is 1.12. The Hall–Kier alpha value is -2.43. The Morgan fingerprint density at radius 3 is 1.01 bits per heavy atom. The van der Waals surface area contributed by atoms with Crippen LogP contribution in [0, 0.1) is 62.1 Å². The molecule has 0 aromatic heterocycles. The number of alkyl halides is 2. The van der Waals surface area contributed by atoms with Gasteiger partial charge in [0.05, 0.1) is 24.4 Å². The smallest absolute Gasteiger partial charge is 1.00 e. The van der Waals surface area contributed by atoms with E-state index in [1.807, 2.05) is 0 Å². The third kappa shape index (κ3) is 22.5. The third-order valence-corrected chi connectivity index (χ3v) is 22.4. The molecule has 8 aliphatic carbocycles. The van der Waals surface area contributed by atoms with E-state index >= 15 is 0 Å². The fraction of sp³-hybridized carbons (Fsp3) is 0.582. The Balaban J connectivity index is 0.000000236. The Bertz CT molecular complexity index is 2680. The molecule has 18 heteroatoms. The van der Waals surface area contributed by atoms with Gasteiger partial charge in [-0.3, -0.25) is 4.79 Å². The molecule has 0 spiro atoms. The Morgan fingerprint density at radius 2 is 0.788 bits per heavy atom. The van der Waals surface area contributed by atoms with E-state index in [0.29, 0.717) is 43.4 Å². The molecule has 8 saturated carbocycles. The predicted molar refractivity (Wildman–Crippen MR) is 307 cm³/mol. The van der Waals surface area contributed by atoms with Gasteiger partial charge < -0.3 is 40.9 Å². The number of rotatable bonds is 11. The van der Waals surface area contributed by atoms with Crippen molar-refractivity contribution in [2.24, 2.45) is 34.5 Å². The molecule has 4 atom stereocenters. The number of ether oxygens (including phenoxy) is 2. The Morgan fingerprint density at radius 1 is 0.529 bits per heavy atom. The molecule has 0 saturated heterocycles. The van der Waals surface area contributed by atoms with Crippen molar-refractivity contribution in [3.63, 3.8) is 0 Å². The molecule has 4 unspecified atom stereocenters. The second-order valence-corrected chi connectivity index (χ2v) is 35.2. The summed E-state index contributed by atoms with van der Waals surface area (Å²) in [6, 6.07) is 36.6. The minimum absolute atomic E-state index is 0. The van der Waals surface area contributed by atoms with Crippen molar-refractivity contribution in [2.75, 3.05) is 13.2 Å². The molecule has 8 fully saturated rings. The maximum absolute atomic E-state index is 12.8. The molecule has 85 heavy (non-hydrogen) atoms. The second-order valence-electron chi connectivity index (χ2n) is 28.7. The molecule has 8 aliphatic rings. The van der Waals surface area contributed by atoms with E-state index in [1.165, 1.54) is 36.5 Å². The van der Waals surface area contributed by atoms with Crippen LogP contribution >= 0.6 is 0 Å². The minimum atomic E-state index is -3.43. The van der Waals surface area contributed by atoms with Crippen molar-refractivity contribution in [1.82, 2.24) is 0 Å². The molecule has 12 rings (SSSR count). The normalized spacial score (nSPS) is 26.0. The zero-order valence-electron chi connectivity index (χ0n) is 52.0. The number of carbonyl (C=O) groups excluding carboxylic acids is 2. The van der Waals surface area contributed by atoms with Gasteiger partial charge in [0.15, 0.2) is 0 Å². The second kappa shape index (κ2) is 29.7. The van der Waals surface area contributed by atoms with Crippen LogP contribution in [0.25, 0.3) is 0 Å². The van der Waals surface area contributed by atoms with Gasteiger partial charge >= 0.3 is 333 Å². The van der Waals surface area contributed by atoms with E-state index in [4.69, 9.17) is 22.1 Å². The minimum Gasteiger partial charge on any atom is -1.00 e. The summed E-state index contributed by atoms with van der Waals surface area (Å²) in [5, 5.41) is 21.0. The van der Waals surface area contributed by atoms with E-state index < -0.39 is 46.1 Å². The van der Waals surface area contributed by atoms with E-state index in [9.17, 15) is 37.4 Å². The monoisotopic (exact) mass is 1460 g/mol. The maximum Gasteiger partial charge on any atom is 1.00 e. The number of halogens is 7. The summed E-state index contributed by atoms with van der Waals surface area (Å²) in [4.78, 5) is 22.0. The Labute approximate surface area is 554 Å². The maximum atomic E-state index is 12.8. The first-order chi connectivity index (χ1) is 38.1. The number of carbonyl (C=O) groups is 2. The van der Waals surface area contributed by atoms with Crippen LogP contribution in [0.4, 0.5) is 17.6 Å². The van der Waals surface area contributed by atoms with Crippen LogP contribution in [0.3, 0.4) is 0 Å². The van der Waals surface area contributed by atoms with E-state index in [2.05, 4.69) is 180 Å². The molecule has 4 aromatic carbocycles. The fourth-order valence-electron chi connectivity index (χ4n) is 14.0. The zero-order valence-corrected chi connectivity index (χ0v) is 59.8. The van der Waals surface area contributed by atoms with Crippen molar-refractivity contribution in [2.45, 2.75) is 199 Å². The van der Waals surface area contributed by atoms with Crippen LogP contribution in [0.15, 0.2) is 97.1 Å². The molecule has 2 N–H and O–H groups in total. The predicted octanol–water partition coefficient (Wildman–Crippen LogP) is 2.44. The molecule has 8 bridgehead atoms. The zero-order chi connectivity index (χ0) is 61.8. The first-order valence-electron chi connectivity index (χ1n) is 28.8. The molecule has 0 heterocycles. The van der Waals surface area contributed by atoms with Gasteiger partial charge in [0.2, 0.25) is 5.97 Å². The summed E-state index contributed by atoms with van der Waals surface area (Å²) >= 11 is -0.161. The standard InChI is InChI=1S/C20H26I.C20H25I.C14H20F2O3.C13H17F2O3.ClH.Na.O3S/c2*1-19(2,3)15-7-11-17(12-8-15)21-18-13-9-16(10-14-18)20(4,5)6;1-12(15,16)11(17)19-8-13-3-9-2-10(4-13)6-14(18,5-9)7-13;14-10(15)11(16)18-7-12-2-8-1-9(3-12)5-13(17,4-8)6-12;;;1-4(2)3/h7-14H,1-6H3;7-14H,1H2,2-6H3;9-10,18H,2-8H2,1H3;8-9,17H,1-7H2;1H;;/q-1;;;-1;;+1;/p-1. The number of hydrogen-bond donors (Lipinski definition) is 2. The van der Waals surface area contributed by atoms with Crippen molar-refractivity contribution in [1.29, 1.82) is 0 Å². The van der Waals surface area contributed by atoms with E-state index in [1.54, 1.807) is 0 Å². The molecule has 0 amide bonds. The largest absolute Gasteiger partial charge is 1.00 e. The van der Waals surface area contributed by atoms with Gasteiger partial charge in [0.1, 0.15) is 0 Å². The van der Waals surface area contributed by atoms with Crippen molar-refractivity contribution >= 4 is 22.5 Å². The quantitative estimate of drug-likeness (QED) is 0.0762. The molecule has 0 radical (unpaired) electrons. The van der Waals surface area contributed by atoms with Crippen molar-refractivity contribution in [3.05, 3.63) is 147 Å². The van der Waals surface area contributed by atoms with Gasteiger partial charge in [0.25, 0.3) is 0 Å². The van der Waals surface area contributed by atoms with Crippen LogP contribution in [-0.4, -0.2) is 65.1 Å². The number of hydrogen-bond acceptors (Lipinski definition) is 9. The van der Waals surface area contributed by atoms with Gasteiger partial charge in [-0.05, 0) is 101 Å². The topological polar surface area (TPSA) is 144 Å². The van der Waals surface area contributed by atoms with Crippen LogP contribution in [0.2, 0.25) is 0 Å². The Kier molecular flexibility index (Phi) is 26.2. The first-order valence-corrected chi connectivity index (χ1v) is 34.2. The van der Waals surface area contributed by atoms with Gasteiger partial charge in [-0.1, -0.05) is 0 Å². The van der Waals surface area contributed by atoms with Gasteiger partial charge in [-0.25, -0.2) is 4.79 Å².